The number of epoxide rings is 1. The minimum absolute atomic E-state index is 0.0532. The molecule has 0 aromatic heterocycles. The van der Waals surface area contributed by atoms with Gasteiger partial charge in [0, 0.05) is 0 Å². The largest absolute Gasteiger partial charge is 0.494 e. The van der Waals surface area contributed by atoms with Gasteiger partial charge in [-0.2, -0.15) is 0 Å². The Morgan fingerprint density at radius 2 is 1.61 bits per heavy atom. The number of ether oxygens (including phenoxy) is 3. The Hall–Kier alpha value is -3.11. The van der Waals surface area contributed by atoms with Crippen LogP contribution in [0.3, 0.4) is 0 Å². The van der Waals surface area contributed by atoms with Crippen LogP contribution in [0.15, 0.2) is 78.9 Å². The second-order valence-electron chi connectivity index (χ2n) is 6.61. The van der Waals surface area contributed by atoms with Crippen molar-refractivity contribution in [1.29, 1.82) is 0 Å². The van der Waals surface area contributed by atoms with Crippen LogP contribution in [-0.4, -0.2) is 18.5 Å². The van der Waals surface area contributed by atoms with Crippen molar-refractivity contribution in [3.05, 3.63) is 95.6 Å². The molecule has 0 bridgehead atoms. The molecule has 0 N–H and O–H groups in total. The van der Waals surface area contributed by atoms with E-state index in [4.69, 9.17) is 14.2 Å². The second kappa shape index (κ2) is 8.28. The Morgan fingerprint density at radius 1 is 0.893 bits per heavy atom. The van der Waals surface area contributed by atoms with Crippen LogP contribution in [0.5, 0.6) is 11.5 Å². The highest BCUT2D eigenvalue weighted by molar-refractivity contribution is 6.03. The van der Waals surface area contributed by atoms with Crippen LogP contribution in [-0.2, 0) is 11.3 Å². The van der Waals surface area contributed by atoms with E-state index in [1.54, 1.807) is 6.07 Å². The van der Waals surface area contributed by atoms with Crippen molar-refractivity contribution < 1.29 is 19.0 Å². The lowest BCUT2D eigenvalue weighted by Crippen LogP contribution is -2.10. The average Bonchev–Trinajstić information content (AvgIpc) is 3.54. The van der Waals surface area contributed by atoms with E-state index in [0.29, 0.717) is 24.5 Å². The summed E-state index contributed by atoms with van der Waals surface area (Å²) in [6.45, 7) is 2.99. The van der Waals surface area contributed by atoms with Crippen molar-refractivity contribution in [2.24, 2.45) is 0 Å². The first-order chi connectivity index (χ1) is 13.8. The molecule has 4 nitrogen and oxygen atoms in total. The van der Waals surface area contributed by atoms with Crippen molar-refractivity contribution in [1.82, 2.24) is 0 Å². The molecule has 0 radical (unpaired) electrons. The lowest BCUT2D eigenvalue weighted by atomic mass is 10.0. The Balaban J connectivity index is 1.44. The summed E-state index contributed by atoms with van der Waals surface area (Å²) in [4.78, 5) is 13.0. The zero-order valence-electron chi connectivity index (χ0n) is 15.7. The Bertz CT molecular complexity index is 934. The molecule has 4 rings (SSSR count). The molecule has 0 amide bonds. The maximum Gasteiger partial charge on any atom is 0.198 e. The van der Waals surface area contributed by atoms with Gasteiger partial charge in [-0.05, 0) is 42.3 Å². The Kier molecular flexibility index (Phi) is 5.40. The highest BCUT2D eigenvalue weighted by Gasteiger charge is 2.46. The Labute approximate surface area is 164 Å². The fourth-order valence-corrected chi connectivity index (χ4v) is 3.17. The predicted octanol–water partition coefficient (Wildman–Crippen LogP) is 4.99. The van der Waals surface area contributed by atoms with E-state index in [2.05, 4.69) is 0 Å². The zero-order chi connectivity index (χ0) is 19.3. The summed E-state index contributed by atoms with van der Waals surface area (Å²) in [7, 11) is 0. The predicted molar refractivity (Wildman–Crippen MR) is 107 cm³/mol. The van der Waals surface area contributed by atoms with E-state index in [9.17, 15) is 4.79 Å². The lowest BCUT2D eigenvalue weighted by Gasteiger charge is -2.10. The van der Waals surface area contributed by atoms with Gasteiger partial charge in [0.25, 0.3) is 0 Å². The van der Waals surface area contributed by atoms with Crippen molar-refractivity contribution >= 4 is 5.78 Å². The number of ketones is 1. The number of carbonyl (C=O) groups excluding carboxylic acids is 1. The molecule has 1 fully saturated rings. The standard InChI is InChI=1S/C24H22O4/c1-2-26-19-14-12-18(13-15-19)23-24(28-23)22(25)20-10-6-7-11-21(20)27-16-17-8-4-3-5-9-17/h3-15,23-24H,2,16H2,1H3/t23-,24+/m1/s1. The molecule has 3 aromatic rings. The first-order valence-corrected chi connectivity index (χ1v) is 9.44. The molecule has 3 aromatic carbocycles. The van der Waals surface area contributed by atoms with Crippen LogP contribution in [0.25, 0.3) is 0 Å². The highest BCUT2D eigenvalue weighted by atomic mass is 16.6. The number of hydrogen-bond acceptors (Lipinski definition) is 4. The second-order valence-corrected chi connectivity index (χ2v) is 6.61. The van der Waals surface area contributed by atoms with Crippen molar-refractivity contribution in [2.75, 3.05) is 6.61 Å². The number of hydrogen-bond donors (Lipinski definition) is 0. The molecular weight excluding hydrogens is 352 g/mol. The van der Waals surface area contributed by atoms with E-state index < -0.39 is 6.10 Å². The normalized spacial score (nSPS) is 17.8. The smallest absolute Gasteiger partial charge is 0.198 e. The summed E-state index contributed by atoms with van der Waals surface area (Å²) in [5.41, 5.74) is 2.58. The van der Waals surface area contributed by atoms with E-state index in [-0.39, 0.29) is 11.9 Å². The third-order valence-corrected chi connectivity index (χ3v) is 4.66. The van der Waals surface area contributed by atoms with Gasteiger partial charge in [-0.15, -0.1) is 0 Å². The monoisotopic (exact) mass is 374 g/mol. The molecule has 0 aliphatic carbocycles. The number of carbonyl (C=O) groups is 1. The molecule has 4 heteroatoms. The van der Waals surface area contributed by atoms with Gasteiger partial charge in [-0.3, -0.25) is 4.79 Å². The van der Waals surface area contributed by atoms with Gasteiger partial charge in [-0.1, -0.05) is 54.6 Å². The molecule has 2 atom stereocenters. The van der Waals surface area contributed by atoms with Gasteiger partial charge in [0.05, 0.1) is 12.2 Å². The maximum absolute atomic E-state index is 13.0. The van der Waals surface area contributed by atoms with Gasteiger partial charge >= 0.3 is 0 Å². The molecule has 28 heavy (non-hydrogen) atoms. The van der Waals surface area contributed by atoms with Crippen molar-refractivity contribution in [2.45, 2.75) is 25.7 Å². The quantitative estimate of drug-likeness (QED) is 0.412. The Morgan fingerprint density at radius 3 is 2.36 bits per heavy atom. The summed E-state index contributed by atoms with van der Waals surface area (Å²) < 4.78 is 17.1. The summed E-state index contributed by atoms with van der Waals surface area (Å²) in [6.07, 6.45) is -0.690. The minimum Gasteiger partial charge on any atom is -0.494 e. The van der Waals surface area contributed by atoms with Crippen LogP contribution in [0, 0.1) is 0 Å². The van der Waals surface area contributed by atoms with Crippen LogP contribution in [0.4, 0.5) is 0 Å². The molecule has 1 heterocycles. The third-order valence-electron chi connectivity index (χ3n) is 4.66. The van der Waals surface area contributed by atoms with Crippen LogP contribution >= 0.6 is 0 Å². The maximum atomic E-state index is 13.0. The van der Waals surface area contributed by atoms with Crippen LogP contribution < -0.4 is 9.47 Å². The third kappa shape index (κ3) is 4.07. The highest BCUT2D eigenvalue weighted by Crippen LogP contribution is 2.42. The van der Waals surface area contributed by atoms with E-state index in [0.717, 1.165) is 16.9 Å². The summed E-state index contributed by atoms with van der Waals surface area (Å²) in [5, 5.41) is 0. The summed E-state index contributed by atoms with van der Waals surface area (Å²) in [5.74, 6) is 1.34. The van der Waals surface area contributed by atoms with Gasteiger partial charge < -0.3 is 14.2 Å². The van der Waals surface area contributed by atoms with Crippen LogP contribution in [0.1, 0.15) is 34.5 Å². The van der Waals surface area contributed by atoms with Gasteiger partial charge in [0.15, 0.2) is 11.9 Å². The van der Waals surface area contributed by atoms with Crippen LogP contribution in [0.2, 0.25) is 0 Å². The molecular formula is C24H22O4. The molecule has 142 valence electrons. The van der Waals surface area contributed by atoms with Gasteiger partial charge in [-0.25, -0.2) is 0 Å². The minimum atomic E-state index is -0.473. The zero-order valence-corrected chi connectivity index (χ0v) is 15.7. The molecule has 1 saturated heterocycles. The lowest BCUT2D eigenvalue weighted by molar-refractivity contribution is 0.0949. The molecule has 1 aliphatic heterocycles. The van der Waals surface area contributed by atoms with Gasteiger partial charge in [0.1, 0.15) is 24.2 Å². The van der Waals surface area contributed by atoms with Crippen molar-refractivity contribution in [3.63, 3.8) is 0 Å². The summed E-state index contributed by atoms with van der Waals surface area (Å²) >= 11 is 0. The topological polar surface area (TPSA) is 48.1 Å². The number of benzene rings is 3. The fraction of sp³-hybridized carbons (Fsp3) is 0.208. The van der Waals surface area contributed by atoms with E-state index >= 15 is 0 Å². The average molecular weight is 374 g/mol. The van der Waals surface area contributed by atoms with Gasteiger partial charge in [0.2, 0.25) is 0 Å². The molecule has 1 aliphatic rings. The van der Waals surface area contributed by atoms with E-state index in [1.807, 2.05) is 79.7 Å². The molecule has 0 spiro atoms. The number of rotatable bonds is 8. The van der Waals surface area contributed by atoms with E-state index in [1.165, 1.54) is 0 Å². The molecule has 0 unspecified atom stereocenters. The summed E-state index contributed by atoms with van der Waals surface area (Å²) in [6, 6.07) is 24.9. The molecule has 0 saturated carbocycles. The number of Topliss-reactive ketones (excluding diaryl/α,β-unsaturated/α-hetero) is 1. The fourth-order valence-electron chi connectivity index (χ4n) is 3.17. The van der Waals surface area contributed by atoms with Crippen molar-refractivity contribution in [3.8, 4) is 11.5 Å². The first-order valence-electron chi connectivity index (χ1n) is 9.44. The first kappa shape index (κ1) is 18.3. The number of para-hydroxylation sites is 1. The SMILES string of the molecule is CCOc1ccc([C@H]2O[C@H]2C(=O)c2ccccc2OCc2ccccc2)cc1.